The Balaban J connectivity index is 1.62. The van der Waals surface area contributed by atoms with Gasteiger partial charge in [-0.05, 0) is 42.8 Å². The summed E-state index contributed by atoms with van der Waals surface area (Å²) in [5.74, 6) is -0.547. The second kappa shape index (κ2) is 7.50. The van der Waals surface area contributed by atoms with E-state index in [2.05, 4.69) is 10.2 Å². The summed E-state index contributed by atoms with van der Waals surface area (Å²) in [5, 5.41) is 3.58. The number of urea groups is 1. The first kappa shape index (κ1) is 17.8. The summed E-state index contributed by atoms with van der Waals surface area (Å²) in [5.41, 5.74) is 2.35. The Bertz CT molecular complexity index is 792. The zero-order valence-electron chi connectivity index (χ0n) is 13.7. The summed E-state index contributed by atoms with van der Waals surface area (Å²) in [4.78, 5) is 16.2. The van der Waals surface area contributed by atoms with Gasteiger partial charge in [-0.15, -0.1) is 0 Å². The van der Waals surface area contributed by atoms with E-state index in [1.54, 1.807) is 11.0 Å². The molecule has 1 heterocycles. The van der Waals surface area contributed by atoms with E-state index in [0.717, 1.165) is 11.3 Å². The Kier molecular flexibility index (Phi) is 5.35. The molecule has 1 N–H and O–H groups in total. The second-order valence-electron chi connectivity index (χ2n) is 5.96. The van der Waals surface area contributed by atoms with Crippen LogP contribution < -0.4 is 10.2 Å². The minimum atomic E-state index is -0.547. The van der Waals surface area contributed by atoms with Gasteiger partial charge in [0.2, 0.25) is 0 Å². The van der Waals surface area contributed by atoms with Crippen molar-refractivity contribution < 1.29 is 9.18 Å². The molecule has 1 saturated heterocycles. The van der Waals surface area contributed by atoms with Gasteiger partial charge in [-0.25, -0.2) is 9.18 Å². The third-order valence-corrected chi connectivity index (χ3v) is 4.72. The lowest BCUT2D eigenvalue weighted by atomic mass is 10.1. The number of nitrogens with zero attached hydrogens (tertiary/aromatic N) is 2. The molecule has 1 fully saturated rings. The number of nitrogens with one attached hydrogen (secondary N) is 1. The summed E-state index contributed by atoms with van der Waals surface area (Å²) in [6.07, 6.45) is 0. The Labute approximate surface area is 156 Å². The minimum Gasteiger partial charge on any atom is -0.368 e. The Morgan fingerprint density at radius 2 is 1.68 bits per heavy atom. The van der Waals surface area contributed by atoms with Gasteiger partial charge in [0.05, 0.1) is 5.69 Å². The fraction of sp³-hybridized carbons (Fsp3) is 0.278. The van der Waals surface area contributed by atoms with Crippen molar-refractivity contribution in [1.29, 1.82) is 0 Å². The molecule has 0 saturated carbocycles. The summed E-state index contributed by atoms with van der Waals surface area (Å²) >= 11 is 11.8. The number of piperazine rings is 1. The topological polar surface area (TPSA) is 35.6 Å². The zero-order valence-corrected chi connectivity index (χ0v) is 15.2. The van der Waals surface area contributed by atoms with Crippen molar-refractivity contribution >= 4 is 40.6 Å². The minimum absolute atomic E-state index is 0.127. The van der Waals surface area contributed by atoms with Gasteiger partial charge in [0, 0.05) is 41.9 Å². The van der Waals surface area contributed by atoms with Gasteiger partial charge in [0.15, 0.2) is 0 Å². The summed E-state index contributed by atoms with van der Waals surface area (Å²) < 4.78 is 13.8. The van der Waals surface area contributed by atoms with Gasteiger partial charge < -0.3 is 15.1 Å². The molecule has 0 aliphatic carbocycles. The van der Waals surface area contributed by atoms with E-state index in [4.69, 9.17) is 23.2 Å². The molecule has 25 heavy (non-hydrogen) atoms. The Morgan fingerprint density at radius 1 is 1.04 bits per heavy atom. The molecule has 7 heteroatoms. The molecule has 0 aromatic heterocycles. The van der Waals surface area contributed by atoms with Crippen LogP contribution in [0.1, 0.15) is 5.56 Å². The van der Waals surface area contributed by atoms with Gasteiger partial charge in [0.1, 0.15) is 5.82 Å². The predicted molar refractivity (Wildman–Crippen MR) is 100 cm³/mol. The van der Waals surface area contributed by atoms with Crippen LogP contribution in [-0.4, -0.2) is 37.1 Å². The number of hydrogen-bond donors (Lipinski definition) is 1. The fourth-order valence-corrected chi connectivity index (χ4v) is 3.18. The molecule has 2 aromatic rings. The van der Waals surface area contributed by atoms with E-state index in [1.165, 1.54) is 12.1 Å². The number of aryl methyl sites for hydroxylation is 1. The Morgan fingerprint density at radius 3 is 2.36 bits per heavy atom. The van der Waals surface area contributed by atoms with Crippen molar-refractivity contribution in [2.24, 2.45) is 0 Å². The average Bonchev–Trinajstić information content (AvgIpc) is 2.59. The molecule has 3 rings (SSSR count). The zero-order chi connectivity index (χ0) is 18.0. The first-order valence-corrected chi connectivity index (χ1v) is 8.72. The number of halogens is 3. The average molecular weight is 382 g/mol. The molecule has 2 aromatic carbocycles. The van der Waals surface area contributed by atoms with E-state index in [-0.39, 0.29) is 11.7 Å². The van der Waals surface area contributed by atoms with Crippen LogP contribution in [0.15, 0.2) is 36.4 Å². The lowest BCUT2D eigenvalue weighted by molar-refractivity contribution is 0.208. The van der Waals surface area contributed by atoms with E-state index < -0.39 is 5.82 Å². The number of rotatable bonds is 2. The summed E-state index contributed by atoms with van der Waals surface area (Å²) in [7, 11) is 0. The molecule has 0 radical (unpaired) electrons. The molecular weight excluding hydrogens is 364 g/mol. The van der Waals surface area contributed by atoms with Crippen molar-refractivity contribution in [2.45, 2.75) is 6.92 Å². The highest BCUT2D eigenvalue weighted by Gasteiger charge is 2.23. The second-order valence-corrected chi connectivity index (χ2v) is 6.83. The van der Waals surface area contributed by atoms with Crippen molar-refractivity contribution in [1.82, 2.24) is 4.90 Å². The van der Waals surface area contributed by atoms with Crippen LogP contribution in [0.2, 0.25) is 10.0 Å². The van der Waals surface area contributed by atoms with E-state index in [0.29, 0.717) is 36.2 Å². The maximum atomic E-state index is 13.8. The number of carbonyl (C=O) groups excluding carboxylic acids is 1. The van der Waals surface area contributed by atoms with Crippen LogP contribution in [0, 0.1) is 12.7 Å². The molecule has 0 spiro atoms. The standard InChI is InChI=1S/C18H18Cl2FN3O/c1-12-2-3-14(20)11-17(12)23-6-8-24(9-7-23)18(25)22-16-5-4-13(19)10-15(16)21/h2-5,10-11H,6-9H2,1H3,(H,22,25). The maximum absolute atomic E-state index is 13.8. The van der Waals surface area contributed by atoms with Gasteiger partial charge in [0.25, 0.3) is 0 Å². The number of amides is 2. The lowest BCUT2D eigenvalue weighted by Crippen LogP contribution is -2.50. The monoisotopic (exact) mass is 381 g/mol. The van der Waals surface area contributed by atoms with Crippen molar-refractivity contribution in [3.05, 3.63) is 57.8 Å². The van der Waals surface area contributed by atoms with Gasteiger partial charge in [-0.2, -0.15) is 0 Å². The molecule has 1 aliphatic heterocycles. The first-order chi connectivity index (χ1) is 11.9. The molecular formula is C18H18Cl2FN3O. The summed E-state index contributed by atoms with van der Waals surface area (Å²) in [6, 6.07) is 9.66. The molecule has 1 aliphatic rings. The van der Waals surface area contributed by atoms with Crippen LogP contribution in [0.25, 0.3) is 0 Å². The third kappa shape index (κ3) is 4.17. The molecule has 0 atom stereocenters. The number of anilines is 2. The molecule has 0 unspecified atom stereocenters. The largest absolute Gasteiger partial charge is 0.368 e. The highest BCUT2D eigenvalue weighted by atomic mass is 35.5. The third-order valence-electron chi connectivity index (χ3n) is 4.25. The Hall–Kier alpha value is -1.98. The fourth-order valence-electron chi connectivity index (χ4n) is 2.86. The van der Waals surface area contributed by atoms with Gasteiger partial charge in [-0.1, -0.05) is 29.3 Å². The highest BCUT2D eigenvalue weighted by Crippen LogP contribution is 2.25. The lowest BCUT2D eigenvalue weighted by Gasteiger charge is -2.36. The summed E-state index contributed by atoms with van der Waals surface area (Å²) in [6.45, 7) is 4.52. The number of hydrogen-bond acceptors (Lipinski definition) is 2. The highest BCUT2D eigenvalue weighted by molar-refractivity contribution is 6.31. The van der Waals surface area contributed by atoms with Crippen molar-refractivity contribution in [2.75, 3.05) is 36.4 Å². The normalized spacial score (nSPS) is 14.6. The van der Waals surface area contributed by atoms with E-state index in [1.807, 2.05) is 25.1 Å². The quantitative estimate of drug-likeness (QED) is 0.810. The molecule has 0 bridgehead atoms. The van der Waals surface area contributed by atoms with Gasteiger partial charge >= 0.3 is 6.03 Å². The van der Waals surface area contributed by atoms with Crippen molar-refractivity contribution in [3.8, 4) is 0 Å². The van der Waals surface area contributed by atoms with E-state index >= 15 is 0 Å². The van der Waals surface area contributed by atoms with Crippen LogP contribution in [0.5, 0.6) is 0 Å². The SMILES string of the molecule is Cc1ccc(Cl)cc1N1CCN(C(=O)Nc2ccc(Cl)cc2F)CC1. The molecule has 2 amide bonds. The predicted octanol–water partition coefficient (Wildman–Crippen LogP) is 4.80. The van der Waals surface area contributed by atoms with Crippen LogP contribution >= 0.6 is 23.2 Å². The van der Waals surface area contributed by atoms with Crippen LogP contribution in [0.4, 0.5) is 20.6 Å². The smallest absolute Gasteiger partial charge is 0.322 e. The number of carbonyl (C=O) groups is 1. The first-order valence-electron chi connectivity index (χ1n) is 7.96. The van der Waals surface area contributed by atoms with Crippen LogP contribution in [-0.2, 0) is 0 Å². The molecule has 132 valence electrons. The molecule has 4 nitrogen and oxygen atoms in total. The van der Waals surface area contributed by atoms with E-state index in [9.17, 15) is 9.18 Å². The van der Waals surface area contributed by atoms with Crippen LogP contribution in [0.3, 0.4) is 0 Å². The maximum Gasteiger partial charge on any atom is 0.322 e. The van der Waals surface area contributed by atoms with Gasteiger partial charge in [-0.3, -0.25) is 0 Å². The van der Waals surface area contributed by atoms with Crippen molar-refractivity contribution in [3.63, 3.8) is 0 Å². The number of benzene rings is 2.